The Morgan fingerprint density at radius 1 is 1.36 bits per heavy atom. The van der Waals surface area contributed by atoms with Gasteiger partial charge in [0.1, 0.15) is 0 Å². The summed E-state index contributed by atoms with van der Waals surface area (Å²) in [6.45, 7) is 2.16. The van der Waals surface area contributed by atoms with Crippen molar-refractivity contribution in [3.63, 3.8) is 0 Å². The predicted octanol–water partition coefficient (Wildman–Crippen LogP) is 2.59. The van der Waals surface area contributed by atoms with Gasteiger partial charge in [-0.2, -0.15) is 5.26 Å². The van der Waals surface area contributed by atoms with Crippen LogP contribution in [0.15, 0.2) is 24.3 Å². The number of unbranched alkanes of at least 4 members (excludes halogenated alkanes) is 1. The molecule has 0 aliphatic rings. The van der Waals surface area contributed by atoms with E-state index in [0.717, 1.165) is 6.42 Å². The van der Waals surface area contributed by atoms with Crippen molar-refractivity contribution in [3.8, 4) is 6.07 Å². The molecule has 1 unspecified atom stereocenters. The molecule has 0 aromatic heterocycles. The minimum Gasteiger partial charge on any atom is -0.374 e. The lowest BCUT2D eigenvalue weighted by Gasteiger charge is -2.04. The number of nitriles is 1. The van der Waals surface area contributed by atoms with E-state index in [4.69, 9.17) is 5.26 Å². The van der Waals surface area contributed by atoms with Crippen molar-refractivity contribution in [1.29, 1.82) is 5.26 Å². The lowest BCUT2D eigenvalue weighted by molar-refractivity contribution is 0.236. The summed E-state index contributed by atoms with van der Waals surface area (Å²) < 4.78 is 0. The van der Waals surface area contributed by atoms with Crippen molar-refractivity contribution >= 4 is 0 Å². The lowest BCUT2D eigenvalue weighted by atomic mass is 10.0. The van der Waals surface area contributed by atoms with Gasteiger partial charge in [0.05, 0.1) is 6.07 Å². The molecule has 0 radical (unpaired) electrons. The molecule has 0 saturated carbocycles. The first-order chi connectivity index (χ1) is 6.77. The van der Waals surface area contributed by atoms with Crippen LogP contribution in [0.2, 0.25) is 0 Å². The van der Waals surface area contributed by atoms with Crippen LogP contribution in [-0.2, 0) is 6.42 Å². The van der Waals surface area contributed by atoms with Crippen LogP contribution in [-0.4, -0.2) is 5.11 Å². The molecule has 1 rings (SSSR count). The third kappa shape index (κ3) is 2.86. The Labute approximate surface area is 84.8 Å². The Hall–Kier alpha value is -1.33. The highest BCUT2D eigenvalue weighted by atomic mass is 16.3. The molecule has 0 spiro atoms. The molecule has 2 nitrogen and oxygen atoms in total. The number of aryl methyl sites for hydroxylation is 1. The fourth-order valence-electron chi connectivity index (χ4n) is 1.32. The van der Waals surface area contributed by atoms with Gasteiger partial charge in [-0.1, -0.05) is 37.6 Å². The second-order valence-electron chi connectivity index (χ2n) is 3.38. The maximum absolute atomic E-state index is 9.24. The van der Waals surface area contributed by atoms with Crippen molar-refractivity contribution in [3.05, 3.63) is 35.4 Å². The van der Waals surface area contributed by atoms with Gasteiger partial charge in [-0.05, 0) is 24.0 Å². The Balaban J connectivity index is 2.65. The molecule has 0 aliphatic carbocycles. The SMILES string of the molecule is CCCCc1ccc(C(O)C#N)cc1. The van der Waals surface area contributed by atoms with Crippen LogP contribution >= 0.6 is 0 Å². The van der Waals surface area contributed by atoms with Crippen LogP contribution in [0.3, 0.4) is 0 Å². The van der Waals surface area contributed by atoms with Gasteiger partial charge in [-0.25, -0.2) is 0 Å². The molecule has 0 amide bonds. The molecule has 0 saturated heterocycles. The van der Waals surface area contributed by atoms with E-state index in [2.05, 4.69) is 6.92 Å². The minimum atomic E-state index is -0.991. The standard InChI is InChI=1S/C12H15NO/c1-2-3-4-10-5-7-11(8-6-10)12(14)9-13/h5-8,12,14H,2-4H2,1H3. The third-order valence-electron chi connectivity index (χ3n) is 2.24. The van der Waals surface area contributed by atoms with Crippen LogP contribution in [0.5, 0.6) is 0 Å². The monoisotopic (exact) mass is 189 g/mol. The van der Waals surface area contributed by atoms with E-state index in [-0.39, 0.29) is 0 Å². The van der Waals surface area contributed by atoms with E-state index in [1.807, 2.05) is 24.3 Å². The molecule has 0 aliphatic heterocycles. The number of rotatable bonds is 4. The van der Waals surface area contributed by atoms with E-state index in [1.54, 1.807) is 6.07 Å². The summed E-state index contributed by atoms with van der Waals surface area (Å²) in [4.78, 5) is 0. The zero-order valence-electron chi connectivity index (χ0n) is 8.40. The van der Waals surface area contributed by atoms with E-state index in [9.17, 15) is 5.11 Å². The number of aliphatic hydroxyl groups excluding tert-OH is 1. The Morgan fingerprint density at radius 2 is 2.00 bits per heavy atom. The van der Waals surface area contributed by atoms with Gasteiger partial charge in [-0.3, -0.25) is 0 Å². The van der Waals surface area contributed by atoms with Gasteiger partial charge >= 0.3 is 0 Å². The van der Waals surface area contributed by atoms with Crippen LogP contribution in [0.25, 0.3) is 0 Å². The molecule has 1 aromatic rings. The molecule has 0 fully saturated rings. The first kappa shape index (κ1) is 10.7. The Morgan fingerprint density at radius 3 is 2.50 bits per heavy atom. The fourth-order valence-corrected chi connectivity index (χ4v) is 1.32. The number of benzene rings is 1. The number of hydrogen-bond donors (Lipinski definition) is 1. The van der Waals surface area contributed by atoms with Gasteiger partial charge in [0, 0.05) is 0 Å². The highest BCUT2D eigenvalue weighted by Gasteiger charge is 2.04. The molecule has 1 aromatic carbocycles. The molecule has 0 heterocycles. The van der Waals surface area contributed by atoms with Crippen LogP contribution in [0.4, 0.5) is 0 Å². The third-order valence-corrected chi connectivity index (χ3v) is 2.24. The predicted molar refractivity (Wildman–Crippen MR) is 55.6 cm³/mol. The summed E-state index contributed by atoms with van der Waals surface area (Å²) in [6, 6.07) is 9.39. The summed E-state index contributed by atoms with van der Waals surface area (Å²) in [5.41, 5.74) is 1.94. The normalized spacial score (nSPS) is 12.1. The van der Waals surface area contributed by atoms with Gasteiger partial charge in [0.25, 0.3) is 0 Å². The van der Waals surface area contributed by atoms with Crippen molar-refractivity contribution in [1.82, 2.24) is 0 Å². The highest BCUT2D eigenvalue weighted by molar-refractivity contribution is 5.26. The van der Waals surface area contributed by atoms with Gasteiger partial charge in [-0.15, -0.1) is 0 Å². The topological polar surface area (TPSA) is 44.0 Å². The van der Waals surface area contributed by atoms with Gasteiger partial charge < -0.3 is 5.11 Å². The molecule has 14 heavy (non-hydrogen) atoms. The second kappa shape index (κ2) is 5.41. The molecule has 74 valence electrons. The molecule has 0 bridgehead atoms. The maximum Gasteiger partial charge on any atom is 0.165 e. The first-order valence-corrected chi connectivity index (χ1v) is 4.94. The van der Waals surface area contributed by atoms with Gasteiger partial charge in [0.2, 0.25) is 0 Å². The summed E-state index contributed by atoms with van der Waals surface area (Å²) in [6.07, 6.45) is 2.44. The van der Waals surface area contributed by atoms with E-state index in [1.165, 1.54) is 18.4 Å². The molecular formula is C12H15NO. The summed E-state index contributed by atoms with van der Waals surface area (Å²) in [7, 11) is 0. The molecule has 1 N–H and O–H groups in total. The summed E-state index contributed by atoms with van der Waals surface area (Å²) >= 11 is 0. The number of hydrogen-bond acceptors (Lipinski definition) is 2. The highest BCUT2D eigenvalue weighted by Crippen LogP contribution is 2.13. The van der Waals surface area contributed by atoms with Crippen LogP contribution in [0, 0.1) is 11.3 Å². The average molecular weight is 189 g/mol. The van der Waals surface area contributed by atoms with Crippen LogP contribution in [0.1, 0.15) is 37.0 Å². The van der Waals surface area contributed by atoms with E-state index >= 15 is 0 Å². The van der Waals surface area contributed by atoms with Crippen molar-refractivity contribution in [2.75, 3.05) is 0 Å². The first-order valence-electron chi connectivity index (χ1n) is 4.94. The van der Waals surface area contributed by atoms with Crippen molar-refractivity contribution in [2.45, 2.75) is 32.3 Å². The van der Waals surface area contributed by atoms with Crippen LogP contribution < -0.4 is 0 Å². The molecule has 2 heteroatoms. The number of aliphatic hydroxyl groups is 1. The molecular weight excluding hydrogens is 174 g/mol. The summed E-state index contributed by atoms with van der Waals surface area (Å²) in [5.74, 6) is 0. The summed E-state index contributed by atoms with van der Waals surface area (Å²) in [5, 5.41) is 17.7. The van der Waals surface area contributed by atoms with Gasteiger partial charge in [0.15, 0.2) is 6.10 Å². The lowest BCUT2D eigenvalue weighted by Crippen LogP contribution is -1.93. The quantitative estimate of drug-likeness (QED) is 0.740. The zero-order chi connectivity index (χ0) is 10.4. The minimum absolute atomic E-state index is 0.674. The van der Waals surface area contributed by atoms with E-state index < -0.39 is 6.10 Å². The average Bonchev–Trinajstić information content (AvgIpc) is 2.26. The van der Waals surface area contributed by atoms with Crippen molar-refractivity contribution < 1.29 is 5.11 Å². The van der Waals surface area contributed by atoms with Crippen molar-refractivity contribution in [2.24, 2.45) is 0 Å². The second-order valence-corrected chi connectivity index (χ2v) is 3.38. The maximum atomic E-state index is 9.24. The zero-order valence-corrected chi connectivity index (χ0v) is 8.40. The fraction of sp³-hybridized carbons (Fsp3) is 0.417. The van der Waals surface area contributed by atoms with E-state index in [0.29, 0.717) is 5.56 Å². The molecule has 1 atom stereocenters. The number of nitrogens with zero attached hydrogens (tertiary/aromatic N) is 1. The Bertz CT molecular complexity index is 310. The Kier molecular flexibility index (Phi) is 4.15. The largest absolute Gasteiger partial charge is 0.374 e. The smallest absolute Gasteiger partial charge is 0.165 e.